The third-order valence-corrected chi connectivity index (χ3v) is 13.8. The van der Waals surface area contributed by atoms with E-state index in [1.165, 1.54) is 32.3 Å². The van der Waals surface area contributed by atoms with Crippen molar-refractivity contribution in [2.45, 2.75) is 77.5 Å². The normalized spacial score (nSPS) is 17.7. The van der Waals surface area contributed by atoms with Crippen LogP contribution in [0.15, 0.2) is 168 Å². The van der Waals surface area contributed by atoms with Crippen LogP contribution in [0.4, 0.5) is 11.4 Å². The maximum absolute atomic E-state index is 5.30. The van der Waals surface area contributed by atoms with Crippen molar-refractivity contribution in [3.8, 4) is 22.3 Å². The molecule has 0 amide bonds. The zero-order chi connectivity index (χ0) is 41.6. The van der Waals surface area contributed by atoms with Crippen LogP contribution in [-0.4, -0.2) is 43.8 Å². The first-order valence-corrected chi connectivity index (χ1v) is 21.0. The van der Waals surface area contributed by atoms with Crippen molar-refractivity contribution in [1.82, 2.24) is 9.97 Å². The lowest BCUT2D eigenvalue weighted by atomic mass is 9.83. The van der Waals surface area contributed by atoms with Crippen LogP contribution in [0, 0.1) is 0 Å². The molecule has 6 aromatic carbocycles. The maximum atomic E-state index is 5.30. The Morgan fingerprint density at radius 2 is 0.717 bits per heavy atom. The number of aromatic nitrogens is 2. The van der Waals surface area contributed by atoms with E-state index in [0.717, 1.165) is 56.7 Å². The van der Waals surface area contributed by atoms with Crippen LogP contribution in [0.2, 0.25) is 0 Å². The van der Waals surface area contributed by atoms with Gasteiger partial charge in [0.05, 0.1) is 22.2 Å². The third-order valence-electron chi connectivity index (χ3n) is 13.8. The van der Waals surface area contributed by atoms with Gasteiger partial charge in [-0.3, -0.25) is 20.0 Å². The van der Waals surface area contributed by atoms with Crippen LogP contribution in [0.5, 0.6) is 0 Å². The van der Waals surface area contributed by atoms with Crippen LogP contribution in [0.3, 0.4) is 0 Å². The van der Waals surface area contributed by atoms with E-state index >= 15 is 0 Å². The van der Waals surface area contributed by atoms with Gasteiger partial charge in [-0.05, 0) is 135 Å². The van der Waals surface area contributed by atoms with Crippen LogP contribution >= 0.6 is 0 Å². The highest BCUT2D eigenvalue weighted by Gasteiger charge is 2.51. The molecule has 10 rings (SSSR count). The molecule has 60 heavy (non-hydrogen) atoms. The van der Waals surface area contributed by atoms with E-state index in [9.17, 15) is 0 Å². The van der Waals surface area contributed by atoms with E-state index in [1.54, 1.807) is 0 Å². The summed E-state index contributed by atoms with van der Waals surface area (Å²) in [6.07, 6.45) is 4.05. The Balaban J connectivity index is 1.12. The molecule has 6 heteroatoms. The van der Waals surface area contributed by atoms with Crippen LogP contribution in [0.1, 0.15) is 66.8 Å². The molecule has 0 radical (unpaired) electrons. The van der Waals surface area contributed by atoms with E-state index in [0.29, 0.717) is 0 Å². The van der Waals surface area contributed by atoms with Gasteiger partial charge in [-0.1, -0.05) is 109 Å². The molecule has 4 heterocycles. The highest BCUT2D eigenvalue weighted by Crippen LogP contribution is 2.47. The van der Waals surface area contributed by atoms with Crippen molar-refractivity contribution in [3.05, 3.63) is 169 Å². The number of anilines is 2. The van der Waals surface area contributed by atoms with Gasteiger partial charge >= 0.3 is 0 Å². The molecule has 0 spiro atoms. The lowest BCUT2D eigenvalue weighted by Gasteiger charge is -2.41. The number of para-hydroxylation sites is 2. The number of hydrogen-bond acceptors (Lipinski definition) is 6. The lowest BCUT2D eigenvalue weighted by molar-refractivity contribution is 0.338. The highest BCUT2D eigenvalue weighted by atomic mass is 15.4. The SMILES string of the molecule is CC1(C)N=C(c2ccc(-c3ccc(-c4ccc(C5=NC(C)(C)C(C)(C)N5c5ccccc5)nc4)c4c5ccccc5c5ccccc5c34)cn2)N(c2ccccc2)C1(C)C. The Bertz CT molecular complexity index is 2810. The second-order valence-corrected chi connectivity index (χ2v) is 18.3. The number of hydrogen-bond donors (Lipinski definition) is 0. The Hall–Kier alpha value is -6.66. The minimum atomic E-state index is -0.323. The predicted octanol–water partition coefficient (Wildman–Crippen LogP) is 12.9. The summed E-state index contributed by atoms with van der Waals surface area (Å²) < 4.78 is 0. The number of aliphatic imine (C=N–C) groups is 2. The Morgan fingerprint density at radius 3 is 1.07 bits per heavy atom. The Labute approximate surface area is 353 Å². The molecule has 0 saturated carbocycles. The van der Waals surface area contributed by atoms with Crippen LogP contribution in [0.25, 0.3) is 54.6 Å². The summed E-state index contributed by atoms with van der Waals surface area (Å²) in [5.41, 5.74) is 7.14. The largest absolute Gasteiger partial charge is 0.317 e. The smallest absolute Gasteiger partial charge is 0.155 e. The topological polar surface area (TPSA) is 57.0 Å². The van der Waals surface area contributed by atoms with Crippen molar-refractivity contribution < 1.29 is 0 Å². The fourth-order valence-corrected chi connectivity index (χ4v) is 9.25. The average Bonchev–Trinajstić information content (AvgIpc) is 3.58. The minimum absolute atomic E-state index is 0.262. The first-order chi connectivity index (χ1) is 28.8. The molecule has 8 aromatic rings. The van der Waals surface area contributed by atoms with Crippen molar-refractivity contribution in [2.24, 2.45) is 9.98 Å². The summed E-state index contributed by atoms with van der Waals surface area (Å²) in [5, 5.41) is 7.27. The van der Waals surface area contributed by atoms with Gasteiger partial charge in [0.25, 0.3) is 0 Å². The zero-order valence-corrected chi connectivity index (χ0v) is 35.7. The molecule has 0 fully saturated rings. The van der Waals surface area contributed by atoms with Gasteiger partial charge in [0, 0.05) is 34.9 Å². The number of benzene rings is 6. The third kappa shape index (κ3) is 5.61. The summed E-state index contributed by atoms with van der Waals surface area (Å²) >= 11 is 0. The second-order valence-electron chi connectivity index (χ2n) is 18.3. The van der Waals surface area contributed by atoms with E-state index in [-0.39, 0.29) is 22.2 Å². The molecule has 6 nitrogen and oxygen atoms in total. The summed E-state index contributed by atoms with van der Waals surface area (Å²) in [5.74, 6) is 1.77. The van der Waals surface area contributed by atoms with Crippen molar-refractivity contribution in [2.75, 3.05) is 9.80 Å². The quantitative estimate of drug-likeness (QED) is 0.158. The van der Waals surface area contributed by atoms with Gasteiger partial charge in [-0.15, -0.1) is 0 Å². The zero-order valence-electron chi connectivity index (χ0n) is 35.7. The van der Waals surface area contributed by atoms with E-state index in [1.807, 2.05) is 12.4 Å². The first kappa shape index (κ1) is 37.6. The van der Waals surface area contributed by atoms with Gasteiger partial charge in [-0.2, -0.15) is 0 Å². The van der Waals surface area contributed by atoms with Gasteiger partial charge in [0.2, 0.25) is 0 Å². The molecular weight excluding hydrogens is 733 g/mol. The van der Waals surface area contributed by atoms with E-state index in [4.69, 9.17) is 20.0 Å². The molecule has 0 unspecified atom stereocenters. The van der Waals surface area contributed by atoms with Gasteiger partial charge < -0.3 is 9.80 Å². The lowest BCUT2D eigenvalue weighted by Crippen LogP contribution is -2.53. The van der Waals surface area contributed by atoms with Gasteiger partial charge in [0.1, 0.15) is 11.4 Å². The summed E-state index contributed by atoms with van der Waals surface area (Å²) in [7, 11) is 0. The molecule has 0 bridgehead atoms. The van der Waals surface area contributed by atoms with Crippen LogP contribution in [-0.2, 0) is 0 Å². The highest BCUT2D eigenvalue weighted by molar-refractivity contribution is 6.31. The Kier molecular flexibility index (Phi) is 8.42. The summed E-state index contributed by atoms with van der Waals surface area (Å²) in [4.78, 5) is 25.6. The van der Waals surface area contributed by atoms with Gasteiger partial charge in [0.15, 0.2) is 11.7 Å². The van der Waals surface area contributed by atoms with E-state index in [2.05, 4.69) is 211 Å². The average molecular weight is 783 g/mol. The first-order valence-electron chi connectivity index (χ1n) is 21.0. The monoisotopic (exact) mass is 782 g/mol. The minimum Gasteiger partial charge on any atom is -0.317 e. The molecule has 2 aromatic heterocycles. The molecule has 0 saturated heterocycles. The molecule has 2 aliphatic heterocycles. The molecular formula is C54H50N6. The number of amidine groups is 2. The van der Waals surface area contributed by atoms with Crippen molar-refractivity contribution >= 4 is 55.4 Å². The van der Waals surface area contributed by atoms with Gasteiger partial charge in [-0.25, -0.2) is 0 Å². The fourth-order valence-electron chi connectivity index (χ4n) is 9.25. The number of pyridine rings is 2. The molecule has 0 N–H and O–H groups in total. The molecule has 0 atom stereocenters. The van der Waals surface area contributed by atoms with E-state index < -0.39 is 0 Å². The Morgan fingerprint density at radius 1 is 0.367 bits per heavy atom. The second kappa shape index (κ2) is 13.4. The fraction of sp³-hybridized carbons (Fsp3) is 0.222. The van der Waals surface area contributed by atoms with Crippen molar-refractivity contribution in [1.29, 1.82) is 0 Å². The number of rotatable bonds is 6. The summed E-state index contributed by atoms with van der Waals surface area (Å²) in [6, 6.07) is 51.9. The summed E-state index contributed by atoms with van der Waals surface area (Å²) in [6.45, 7) is 17.9. The number of nitrogens with zero attached hydrogens (tertiary/aromatic N) is 6. The predicted molar refractivity (Wildman–Crippen MR) is 253 cm³/mol. The molecule has 296 valence electrons. The standard InChI is InChI=1S/C54H50N6/c1-51(2)53(5,6)59(37-19-11-9-12-20-37)49(57-51)45-31-27-35(33-55-45)39-29-30-40(48-44-26-18-16-24-42(44)41-23-15-17-25-43(41)47(39)48)36-28-32-46(56-34-36)50-58-52(3,4)54(7,8)60(50)38-21-13-10-14-22-38/h9-34H,1-8H3. The maximum Gasteiger partial charge on any atom is 0.155 e. The molecule has 0 aliphatic carbocycles. The molecule has 2 aliphatic rings. The van der Waals surface area contributed by atoms with Crippen LogP contribution < -0.4 is 9.80 Å². The number of fused-ring (bicyclic) bond motifs is 6. The van der Waals surface area contributed by atoms with Crippen molar-refractivity contribution in [3.63, 3.8) is 0 Å².